The molecule has 5 nitrogen and oxygen atoms in total. The van der Waals surface area contributed by atoms with Gasteiger partial charge in [-0.2, -0.15) is 0 Å². The van der Waals surface area contributed by atoms with Gasteiger partial charge in [0.15, 0.2) is 0 Å². The van der Waals surface area contributed by atoms with Crippen LogP contribution in [0.4, 0.5) is 0 Å². The smallest absolute Gasteiger partial charge is 0.122 e. The lowest BCUT2D eigenvalue weighted by atomic mass is 10.3. The maximum Gasteiger partial charge on any atom is 0.122 e. The number of nitrogens with zero attached hydrogens (tertiary/aromatic N) is 4. The molecule has 0 aromatic carbocycles. The van der Waals surface area contributed by atoms with Gasteiger partial charge < -0.3 is 14.8 Å². The summed E-state index contributed by atoms with van der Waals surface area (Å²) in [6.45, 7) is 10.4. The Morgan fingerprint density at radius 2 is 2.00 bits per heavy atom. The van der Waals surface area contributed by atoms with Crippen molar-refractivity contribution in [1.29, 1.82) is 0 Å². The van der Waals surface area contributed by atoms with E-state index in [1.807, 2.05) is 6.20 Å². The molecule has 1 N–H and O–H groups in total. The molecule has 2 aliphatic heterocycles. The van der Waals surface area contributed by atoms with Crippen LogP contribution in [-0.4, -0.2) is 65.2 Å². The zero-order valence-corrected chi connectivity index (χ0v) is 11.0. The van der Waals surface area contributed by atoms with Gasteiger partial charge in [-0.25, -0.2) is 4.98 Å². The van der Waals surface area contributed by atoms with Gasteiger partial charge in [0.2, 0.25) is 0 Å². The fraction of sp³-hybridized carbons (Fsp3) is 0.769. The molecule has 0 amide bonds. The monoisotopic (exact) mass is 249 g/mol. The predicted molar refractivity (Wildman–Crippen MR) is 71.4 cm³/mol. The van der Waals surface area contributed by atoms with Crippen LogP contribution in [0.15, 0.2) is 12.4 Å². The average Bonchev–Trinajstić information content (AvgIpc) is 2.70. The molecule has 5 heteroatoms. The fourth-order valence-electron chi connectivity index (χ4n) is 2.82. The van der Waals surface area contributed by atoms with Crippen molar-refractivity contribution in [3.05, 3.63) is 18.2 Å². The maximum absolute atomic E-state index is 4.41. The normalized spacial score (nSPS) is 22.7. The second-order valence-corrected chi connectivity index (χ2v) is 5.26. The molecule has 0 unspecified atom stereocenters. The molecule has 18 heavy (non-hydrogen) atoms. The first-order valence-corrected chi connectivity index (χ1v) is 7.07. The topological polar surface area (TPSA) is 36.3 Å². The standard InChI is InChI=1S/C13H23N5/c1-2-14-3-6-16(5-1)8-9-17-10-11-18-7-4-15-13(18)12-17/h4,7,14H,1-3,5-6,8-12H2. The van der Waals surface area contributed by atoms with Crippen LogP contribution >= 0.6 is 0 Å². The van der Waals surface area contributed by atoms with Crippen molar-refractivity contribution >= 4 is 0 Å². The molecule has 0 bridgehead atoms. The van der Waals surface area contributed by atoms with Gasteiger partial charge >= 0.3 is 0 Å². The van der Waals surface area contributed by atoms with Crippen LogP contribution < -0.4 is 5.32 Å². The average molecular weight is 249 g/mol. The molecule has 0 atom stereocenters. The third kappa shape index (κ3) is 2.91. The Morgan fingerprint density at radius 1 is 1.06 bits per heavy atom. The summed E-state index contributed by atoms with van der Waals surface area (Å²) in [6, 6.07) is 0. The van der Waals surface area contributed by atoms with Gasteiger partial charge in [-0.1, -0.05) is 0 Å². The quantitative estimate of drug-likeness (QED) is 0.818. The van der Waals surface area contributed by atoms with E-state index in [1.165, 1.54) is 45.0 Å². The summed E-state index contributed by atoms with van der Waals surface area (Å²) in [6.07, 6.45) is 5.29. The second-order valence-electron chi connectivity index (χ2n) is 5.26. The lowest BCUT2D eigenvalue weighted by molar-refractivity contribution is 0.178. The number of nitrogens with one attached hydrogen (secondary N) is 1. The largest absolute Gasteiger partial charge is 0.333 e. The van der Waals surface area contributed by atoms with Crippen LogP contribution in [0.2, 0.25) is 0 Å². The number of fused-ring (bicyclic) bond motifs is 1. The molecule has 0 radical (unpaired) electrons. The Kier molecular flexibility index (Phi) is 3.93. The van der Waals surface area contributed by atoms with E-state index in [4.69, 9.17) is 0 Å². The Bertz CT molecular complexity index is 367. The van der Waals surface area contributed by atoms with Crippen LogP contribution in [0.3, 0.4) is 0 Å². The first-order chi connectivity index (χ1) is 8.92. The summed E-state index contributed by atoms with van der Waals surface area (Å²) in [5.41, 5.74) is 0. The molecule has 2 aliphatic rings. The van der Waals surface area contributed by atoms with Crippen LogP contribution in [0, 0.1) is 0 Å². The Labute approximate surface area is 109 Å². The van der Waals surface area contributed by atoms with Gasteiger partial charge in [-0.15, -0.1) is 0 Å². The fourth-order valence-corrected chi connectivity index (χ4v) is 2.82. The van der Waals surface area contributed by atoms with Crippen molar-refractivity contribution in [1.82, 2.24) is 24.7 Å². The molecule has 1 aromatic rings. The first kappa shape index (κ1) is 12.1. The van der Waals surface area contributed by atoms with E-state index in [9.17, 15) is 0 Å². The zero-order chi connectivity index (χ0) is 12.2. The van der Waals surface area contributed by atoms with Gasteiger partial charge in [0.25, 0.3) is 0 Å². The lowest BCUT2D eigenvalue weighted by Gasteiger charge is -2.30. The molecule has 3 heterocycles. The molecule has 0 aliphatic carbocycles. The predicted octanol–water partition coefficient (Wildman–Crippen LogP) is -0.00600. The van der Waals surface area contributed by atoms with Crippen molar-refractivity contribution in [2.24, 2.45) is 0 Å². The van der Waals surface area contributed by atoms with Gasteiger partial charge in [0.05, 0.1) is 6.54 Å². The number of imidazole rings is 1. The maximum atomic E-state index is 4.41. The van der Waals surface area contributed by atoms with E-state index >= 15 is 0 Å². The molecular formula is C13H23N5. The minimum atomic E-state index is 1.01. The molecule has 0 saturated carbocycles. The summed E-state index contributed by atoms with van der Waals surface area (Å²) in [4.78, 5) is 9.53. The minimum Gasteiger partial charge on any atom is -0.333 e. The third-order valence-corrected chi connectivity index (χ3v) is 3.99. The summed E-state index contributed by atoms with van der Waals surface area (Å²) in [5, 5.41) is 3.46. The highest BCUT2D eigenvalue weighted by Gasteiger charge is 2.17. The van der Waals surface area contributed by atoms with E-state index in [-0.39, 0.29) is 0 Å². The number of hydrogen-bond acceptors (Lipinski definition) is 4. The van der Waals surface area contributed by atoms with Gasteiger partial charge in [0, 0.05) is 51.7 Å². The van der Waals surface area contributed by atoms with Crippen molar-refractivity contribution in [2.75, 3.05) is 45.8 Å². The number of rotatable bonds is 3. The number of aromatic nitrogens is 2. The summed E-state index contributed by atoms with van der Waals surface area (Å²) >= 11 is 0. The molecule has 3 rings (SSSR count). The molecule has 0 spiro atoms. The number of hydrogen-bond donors (Lipinski definition) is 1. The van der Waals surface area contributed by atoms with E-state index in [0.29, 0.717) is 0 Å². The van der Waals surface area contributed by atoms with Crippen molar-refractivity contribution in [2.45, 2.75) is 19.5 Å². The Balaban J connectivity index is 1.46. The highest BCUT2D eigenvalue weighted by Crippen LogP contribution is 2.09. The second kappa shape index (κ2) is 5.82. The highest BCUT2D eigenvalue weighted by atomic mass is 15.3. The first-order valence-electron chi connectivity index (χ1n) is 7.07. The van der Waals surface area contributed by atoms with E-state index in [2.05, 4.69) is 30.9 Å². The van der Waals surface area contributed by atoms with Crippen LogP contribution in [0.25, 0.3) is 0 Å². The van der Waals surface area contributed by atoms with Crippen molar-refractivity contribution in [3.63, 3.8) is 0 Å². The zero-order valence-electron chi connectivity index (χ0n) is 11.0. The summed E-state index contributed by atoms with van der Waals surface area (Å²) < 4.78 is 2.27. The Hall–Kier alpha value is -0.910. The lowest BCUT2D eigenvalue weighted by Crippen LogP contribution is -2.40. The molecular weight excluding hydrogens is 226 g/mol. The SMILES string of the molecule is c1cn2c(n1)CN(CCN1CCCNCC1)CC2. The van der Waals surface area contributed by atoms with Gasteiger partial charge in [-0.3, -0.25) is 4.90 Å². The molecule has 1 fully saturated rings. The van der Waals surface area contributed by atoms with Gasteiger partial charge in [-0.05, 0) is 19.5 Å². The van der Waals surface area contributed by atoms with Crippen LogP contribution in [-0.2, 0) is 13.1 Å². The van der Waals surface area contributed by atoms with Gasteiger partial charge in [0.1, 0.15) is 5.82 Å². The van der Waals surface area contributed by atoms with Crippen LogP contribution in [0.5, 0.6) is 0 Å². The summed E-state index contributed by atoms with van der Waals surface area (Å²) in [7, 11) is 0. The van der Waals surface area contributed by atoms with Crippen molar-refractivity contribution in [3.8, 4) is 0 Å². The van der Waals surface area contributed by atoms with E-state index < -0.39 is 0 Å². The molecule has 1 saturated heterocycles. The Morgan fingerprint density at radius 3 is 3.00 bits per heavy atom. The van der Waals surface area contributed by atoms with Crippen LogP contribution in [0.1, 0.15) is 12.2 Å². The van der Waals surface area contributed by atoms with E-state index in [0.717, 1.165) is 26.2 Å². The summed E-state index contributed by atoms with van der Waals surface area (Å²) in [5.74, 6) is 1.22. The minimum absolute atomic E-state index is 1.01. The molecule has 100 valence electrons. The van der Waals surface area contributed by atoms with E-state index in [1.54, 1.807) is 0 Å². The van der Waals surface area contributed by atoms with Crippen molar-refractivity contribution < 1.29 is 0 Å². The third-order valence-electron chi connectivity index (χ3n) is 3.99. The molecule has 1 aromatic heterocycles. The highest BCUT2D eigenvalue weighted by molar-refractivity contribution is 4.95.